The van der Waals surface area contributed by atoms with Crippen molar-refractivity contribution in [2.75, 3.05) is 0 Å². The van der Waals surface area contributed by atoms with Gasteiger partial charge in [-0.05, 0) is 28.1 Å². The molecule has 0 N–H and O–H groups in total. The van der Waals surface area contributed by atoms with Crippen molar-refractivity contribution in [3.8, 4) is 0 Å². The molecule has 0 fully saturated rings. The Bertz CT molecular complexity index is 441. The standard InChI is InChI=1S/C8H4BrF2NO/c9-5-3-1-2-4-6(8(10)11)12-13-7(4)5/h1-3,8H. The van der Waals surface area contributed by atoms with Crippen molar-refractivity contribution in [1.29, 1.82) is 0 Å². The van der Waals surface area contributed by atoms with Gasteiger partial charge in [0.25, 0.3) is 6.43 Å². The second-order valence-electron chi connectivity index (χ2n) is 2.49. The molecule has 1 aromatic heterocycles. The molecular weight excluding hydrogens is 244 g/mol. The first-order valence-electron chi connectivity index (χ1n) is 3.52. The van der Waals surface area contributed by atoms with Crippen LogP contribution in [0.4, 0.5) is 8.78 Å². The van der Waals surface area contributed by atoms with Crippen LogP contribution in [0.25, 0.3) is 11.0 Å². The molecule has 0 aliphatic carbocycles. The Morgan fingerprint density at radius 2 is 2.15 bits per heavy atom. The number of nitrogens with zero attached hydrogens (tertiary/aromatic N) is 1. The first-order valence-corrected chi connectivity index (χ1v) is 4.31. The minimum Gasteiger partial charge on any atom is -0.355 e. The Kier molecular flexibility index (Phi) is 2.03. The van der Waals surface area contributed by atoms with Crippen LogP contribution in [0.15, 0.2) is 27.2 Å². The van der Waals surface area contributed by atoms with Crippen LogP contribution >= 0.6 is 15.9 Å². The third-order valence-corrected chi connectivity index (χ3v) is 2.31. The minimum absolute atomic E-state index is 0.309. The third kappa shape index (κ3) is 1.33. The number of fused-ring (bicyclic) bond motifs is 1. The highest BCUT2D eigenvalue weighted by molar-refractivity contribution is 9.10. The van der Waals surface area contributed by atoms with E-state index in [1.54, 1.807) is 18.2 Å². The van der Waals surface area contributed by atoms with Crippen molar-refractivity contribution in [1.82, 2.24) is 5.16 Å². The van der Waals surface area contributed by atoms with E-state index < -0.39 is 6.43 Å². The van der Waals surface area contributed by atoms with Crippen LogP contribution in [-0.2, 0) is 0 Å². The largest absolute Gasteiger partial charge is 0.355 e. The third-order valence-electron chi connectivity index (χ3n) is 1.68. The van der Waals surface area contributed by atoms with E-state index in [-0.39, 0.29) is 5.69 Å². The van der Waals surface area contributed by atoms with E-state index in [1.807, 2.05) is 0 Å². The molecule has 1 aromatic carbocycles. The minimum atomic E-state index is -2.60. The summed E-state index contributed by atoms with van der Waals surface area (Å²) in [4.78, 5) is 0. The smallest absolute Gasteiger partial charge is 0.284 e. The first kappa shape index (κ1) is 8.62. The molecule has 0 saturated carbocycles. The Morgan fingerprint density at radius 3 is 2.85 bits per heavy atom. The molecule has 0 bridgehead atoms. The molecule has 1 heterocycles. The Labute approximate surface area is 80.6 Å². The average Bonchev–Trinajstić information content (AvgIpc) is 2.48. The van der Waals surface area contributed by atoms with Crippen molar-refractivity contribution in [2.45, 2.75) is 6.43 Å². The van der Waals surface area contributed by atoms with Crippen LogP contribution in [0.3, 0.4) is 0 Å². The lowest BCUT2D eigenvalue weighted by atomic mass is 10.2. The molecular formula is C8H4BrF2NO. The molecule has 5 heteroatoms. The van der Waals surface area contributed by atoms with Crippen molar-refractivity contribution < 1.29 is 13.3 Å². The monoisotopic (exact) mass is 247 g/mol. The van der Waals surface area contributed by atoms with Gasteiger partial charge in [0.2, 0.25) is 0 Å². The van der Waals surface area contributed by atoms with Gasteiger partial charge in [-0.1, -0.05) is 11.2 Å². The molecule has 0 atom stereocenters. The second kappa shape index (κ2) is 3.06. The van der Waals surface area contributed by atoms with Gasteiger partial charge >= 0.3 is 0 Å². The maximum absolute atomic E-state index is 12.3. The van der Waals surface area contributed by atoms with Gasteiger partial charge in [-0.15, -0.1) is 0 Å². The molecule has 2 rings (SSSR count). The van der Waals surface area contributed by atoms with Gasteiger partial charge in [0, 0.05) is 0 Å². The lowest BCUT2D eigenvalue weighted by Gasteiger charge is -1.92. The topological polar surface area (TPSA) is 26.0 Å². The summed E-state index contributed by atoms with van der Waals surface area (Å²) in [6.45, 7) is 0. The summed E-state index contributed by atoms with van der Waals surface area (Å²) in [5, 5.41) is 3.65. The van der Waals surface area contributed by atoms with Crippen LogP contribution in [-0.4, -0.2) is 5.16 Å². The molecule has 0 radical (unpaired) electrons. The van der Waals surface area contributed by atoms with Gasteiger partial charge < -0.3 is 4.52 Å². The number of halogens is 3. The second-order valence-corrected chi connectivity index (χ2v) is 3.34. The Morgan fingerprint density at radius 1 is 1.38 bits per heavy atom. The number of aromatic nitrogens is 1. The Hall–Kier alpha value is -0.970. The van der Waals surface area contributed by atoms with Crippen LogP contribution in [0.2, 0.25) is 0 Å². The zero-order chi connectivity index (χ0) is 9.42. The Balaban J connectivity index is 2.75. The molecule has 0 aliphatic heterocycles. The van der Waals surface area contributed by atoms with Gasteiger partial charge in [-0.3, -0.25) is 0 Å². The van der Waals surface area contributed by atoms with Gasteiger partial charge in [-0.2, -0.15) is 0 Å². The number of rotatable bonds is 1. The van der Waals surface area contributed by atoms with E-state index in [0.717, 1.165) is 0 Å². The summed E-state index contributed by atoms with van der Waals surface area (Å²) < 4.78 is 30.0. The van der Waals surface area contributed by atoms with Crippen molar-refractivity contribution in [3.63, 3.8) is 0 Å². The molecule has 0 aliphatic rings. The van der Waals surface area contributed by atoms with Crippen LogP contribution < -0.4 is 0 Å². The van der Waals surface area contributed by atoms with Gasteiger partial charge in [0.05, 0.1) is 9.86 Å². The fourth-order valence-electron chi connectivity index (χ4n) is 1.10. The van der Waals surface area contributed by atoms with E-state index in [4.69, 9.17) is 4.52 Å². The predicted molar refractivity (Wildman–Crippen MR) is 46.7 cm³/mol. The molecule has 0 saturated heterocycles. The summed E-state index contributed by atoms with van der Waals surface area (Å²) in [6, 6.07) is 4.93. The molecule has 0 amide bonds. The average molecular weight is 248 g/mol. The molecule has 68 valence electrons. The highest BCUT2D eigenvalue weighted by Gasteiger charge is 2.18. The fourth-order valence-corrected chi connectivity index (χ4v) is 1.54. The van der Waals surface area contributed by atoms with Crippen molar-refractivity contribution >= 4 is 26.9 Å². The van der Waals surface area contributed by atoms with Gasteiger partial charge in [0.15, 0.2) is 11.3 Å². The first-order chi connectivity index (χ1) is 6.20. The maximum atomic E-state index is 12.3. The summed E-state index contributed by atoms with van der Waals surface area (Å²) in [5.74, 6) is 0. The highest BCUT2D eigenvalue weighted by Crippen LogP contribution is 2.30. The molecule has 2 nitrogen and oxygen atoms in total. The van der Waals surface area contributed by atoms with Crippen molar-refractivity contribution in [2.24, 2.45) is 0 Å². The summed E-state index contributed by atoms with van der Waals surface area (Å²) in [5.41, 5.74) is 0.0501. The number of alkyl halides is 2. The molecule has 2 aromatic rings. The van der Waals surface area contributed by atoms with Gasteiger partial charge in [-0.25, -0.2) is 8.78 Å². The zero-order valence-corrected chi connectivity index (χ0v) is 7.88. The summed E-state index contributed by atoms with van der Waals surface area (Å²) >= 11 is 3.18. The number of hydrogen-bond acceptors (Lipinski definition) is 2. The maximum Gasteiger partial charge on any atom is 0.284 e. The van der Waals surface area contributed by atoms with E-state index >= 15 is 0 Å². The number of benzene rings is 1. The predicted octanol–water partition coefficient (Wildman–Crippen LogP) is 3.53. The lowest BCUT2D eigenvalue weighted by Crippen LogP contribution is -1.83. The van der Waals surface area contributed by atoms with Crippen molar-refractivity contribution in [3.05, 3.63) is 28.4 Å². The SMILES string of the molecule is FC(F)c1noc2c(Br)cccc12. The lowest BCUT2D eigenvalue weighted by molar-refractivity contribution is 0.142. The van der Waals surface area contributed by atoms with Crippen LogP contribution in [0.5, 0.6) is 0 Å². The van der Waals surface area contributed by atoms with E-state index in [0.29, 0.717) is 15.4 Å². The van der Waals surface area contributed by atoms with Crippen LogP contribution in [0.1, 0.15) is 12.1 Å². The summed E-state index contributed by atoms with van der Waals surface area (Å²) in [7, 11) is 0. The number of hydrogen-bond donors (Lipinski definition) is 0. The van der Waals surface area contributed by atoms with Crippen LogP contribution in [0, 0.1) is 0 Å². The quantitative estimate of drug-likeness (QED) is 0.771. The van der Waals surface area contributed by atoms with E-state index in [2.05, 4.69) is 21.1 Å². The molecule has 0 unspecified atom stereocenters. The normalized spacial score (nSPS) is 11.4. The number of para-hydroxylation sites is 1. The molecule has 0 spiro atoms. The summed E-state index contributed by atoms with van der Waals surface area (Å²) in [6.07, 6.45) is -2.60. The molecule has 13 heavy (non-hydrogen) atoms. The fraction of sp³-hybridized carbons (Fsp3) is 0.125. The highest BCUT2D eigenvalue weighted by atomic mass is 79.9. The zero-order valence-electron chi connectivity index (χ0n) is 6.30. The van der Waals surface area contributed by atoms with E-state index in [9.17, 15) is 8.78 Å². The van der Waals surface area contributed by atoms with Gasteiger partial charge in [0.1, 0.15) is 0 Å². The van der Waals surface area contributed by atoms with E-state index in [1.165, 1.54) is 0 Å².